The summed E-state index contributed by atoms with van der Waals surface area (Å²) < 4.78 is 24.6. The SMILES string of the molecule is NCCS(=O)(=O)NC1CNC1. The van der Waals surface area contributed by atoms with Gasteiger partial charge in [0, 0.05) is 25.7 Å². The van der Waals surface area contributed by atoms with Crippen molar-refractivity contribution in [2.24, 2.45) is 5.73 Å². The molecule has 1 saturated heterocycles. The Morgan fingerprint density at radius 1 is 1.55 bits per heavy atom. The van der Waals surface area contributed by atoms with E-state index in [0.717, 1.165) is 13.1 Å². The van der Waals surface area contributed by atoms with Crippen LogP contribution in [-0.2, 0) is 10.0 Å². The summed E-state index contributed by atoms with van der Waals surface area (Å²) in [6.07, 6.45) is 0. The van der Waals surface area contributed by atoms with Gasteiger partial charge in [0.05, 0.1) is 5.75 Å². The highest BCUT2D eigenvalue weighted by Crippen LogP contribution is 1.94. The third-order valence-corrected chi connectivity index (χ3v) is 2.98. The summed E-state index contributed by atoms with van der Waals surface area (Å²) >= 11 is 0. The maximum atomic E-state index is 11.0. The van der Waals surface area contributed by atoms with Crippen molar-refractivity contribution in [3.05, 3.63) is 0 Å². The van der Waals surface area contributed by atoms with Crippen molar-refractivity contribution >= 4 is 10.0 Å². The predicted molar refractivity (Wildman–Crippen MR) is 42.6 cm³/mol. The van der Waals surface area contributed by atoms with Gasteiger partial charge >= 0.3 is 0 Å². The lowest BCUT2D eigenvalue weighted by Crippen LogP contribution is -2.57. The van der Waals surface area contributed by atoms with E-state index in [1.54, 1.807) is 0 Å². The molecule has 6 heteroatoms. The Hall–Kier alpha value is -0.170. The van der Waals surface area contributed by atoms with Crippen LogP contribution in [0.5, 0.6) is 0 Å². The number of hydrogen-bond acceptors (Lipinski definition) is 4. The van der Waals surface area contributed by atoms with Gasteiger partial charge in [-0.15, -0.1) is 0 Å². The fraction of sp³-hybridized carbons (Fsp3) is 1.00. The molecule has 0 radical (unpaired) electrons. The summed E-state index contributed by atoms with van der Waals surface area (Å²) in [7, 11) is -3.11. The summed E-state index contributed by atoms with van der Waals surface area (Å²) in [5.41, 5.74) is 5.12. The Morgan fingerprint density at radius 2 is 2.18 bits per heavy atom. The molecule has 0 unspecified atom stereocenters. The van der Waals surface area contributed by atoms with Crippen molar-refractivity contribution in [1.29, 1.82) is 0 Å². The Balaban J connectivity index is 2.33. The standard InChI is InChI=1S/C5H13N3O2S/c6-1-2-11(9,10)8-5-3-7-4-5/h5,7-8H,1-4,6H2. The molecule has 0 aromatic heterocycles. The zero-order chi connectivity index (χ0) is 8.32. The molecule has 0 saturated carbocycles. The Kier molecular flexibility index (Phi) is 2.83. The highest BCUT2D eigenvalue weighted by atomic mass is 32.2. The zero-order valence-corrected chi connectivity index (χ0v) is 7.02. The molecule has 0 bridgehead atoms. The van der Waals surface area contributed by atoms with E-state index in [9.17, 15) is 8.42 Å². The van der Waals surface area contributed by atoms with Gasteiger partial charge < -0.3 is 11.1 Å². The van der Waals surface area contributed by atoms with Gasteiger partial charge in [-0.25, -0.2) is 13.1 Å². The van der Waals surface area contributed by atoms with E-state index in [2.05, 4.69) is 10.0 Å². The second-order valence-corrected chi connectivity index (χ2v) is 4.45. The van der Waals surface area contributed by atoms with Crippen LogP contribution in [0.2, 0.25) is 0 Å². The predicted octanol–water partition coefficient (Wildman–Crippen LogP) is -2.16. The van der Waals surface area contributed by atoms with Crippen LogP contribution in [0.4, 0.5) is 0 Å². The summed E-state index contributed by atoms with van der Waals surface area (Å²) in [6.45, 7) is 1.63. The van der Waals surface area contributed by atoms with E-state index in [-0.39, 0.29) is 18.3 Å². The first kappa shape index (κ1) is 8.92. The quantitative estimate of drug-likeness (QED) is 0.459. The number of sulfonamides is 1. The molecule has 0 amide bonds. The molecule has 66 valence electrons. The third kappa shape index (κ3) is 2.74. The van der Waals surface area contributed by atoms with Crippen LogP contribution in [0.15, 0.2) is 0 Å². The van der Waals surface area contributed by atoms with E-state index >= 15 is 0 Å². The van der Waals surface area contributed by atoms with Gasteiger partial charge in [-0.1, -0.05) is 0 Å². The van der Waals surface area contributed by atoms with Gasteiger partial charge in [0.25, 0.3) is 0 Å². The molecule has 0 atom stereocenters. The van der Waals surface area contributed by atoms with Crippen molar-refractivity contribution in [3.63, 3.8) is 0 Å². The Morgan fingerprint density at radius 3 is 2.55 bits per heavy atom. The number of rotatable bonds is 4. The van der Waals surface area contributed by atoms with Crippen molar-refractivity contribution < 1.29 is 8.42 Å². The van der Waals surface area contributed by atoms with Gasteiger partial charge in [-0.2, -0.15) is 0 Å². The maximum Gasteiger partial charge on any atom is 0.213 e. The average Bonchev–Trinajstić information content (AvgIpc) is 1.79. The number of nitrogens with one attached hydrogen (secondary N) is 2. The minimum atomic E-state index is -3.11. The average molecular weight is 179 g/mol. The van der Waals surface area contributed by atoms with E-state index in [0.29, 0.717) is 0 Å². The molecule has 1 aliphatic rings. The lowest BCUT2D eigenvalue weighted by atomic mass is 10.2. The lowest BCUT2D eigenvalue weighted by Gasteiger charge is -2.27. The smallest absolute Gasteiger partial charge is 0.213 e. The number of hydrogen-bond donors (Lipinski definition) is 3. The van der Waals surface area contributed by atoms with Crippen molar-refractivity contribution in [2.75, 3.05) is 25.4 Å². The van der Waals surface area contributed by atoms with Gasteiger partial charge in [0.15, 0.2) is 0 Å². The van der Waals surface area contributed by atoms with Gasteiger partial charge in [0.1, 0.15) is 0 Å². The van der Waals surface area contributed by atoms with Crippen LogP contribution in [0.25, 0.3) is 0 Å². The molecular weight excluding hydrogens is 166 g/mol. The lowest BCUT2D eigenvalue weighted by molar-refractivity contribution is 0.410. The van der Waals surface area contributed by atoms with Crippen molar-refractivity contribution in [1.82, 2.24) is 10.0 Å². The molecule has 0 aromatic rings. The summed E-state index contributed by atoms with van der Waals surface area (Å²) in [5, 5.41) is 2.97. The fourth-order valence-corrected chi connectivity index (χ4v) is 1.94. The minimum Gasteiger partial charge on any atom is -0.329 e. The van der Waals surface area contributed by atoms with Gasteiger partial charge in [0.2, 0.25) is 10.0 Å². The molecule has 0 spiro atoms. The highest BCUT2D eigenvalue weighted by Gasteiger charge is 2.21. The van der Waals surface area contributed by atoms with Crippen molar-refractivity contribution in [2.45, 2.75) is 6.04 Å². The first-order valence-corrected chi connectivity index (χ1v) is 5.20. The van der Waals surface area contributed by atoms with Crippen molar-refractivity contribution in [3.8, 4) is 0 Å². The van der Waals surface area contributed by atoms with Crippen LogP contribution in [0.1, 0.15) is 0 Å². The molecule has 0 aromatic carbocycles. The highest BCUT2D eigenvalue weighted by molar-refractivity contribution is 7.89. The topological polar surface area (TPSA) is 84.2 Å². The van der Waals surface area contributed by atoms with Crippen LogP contribution < -0.4 is 15.8 Å². The summed E-state index contributed by atoms with van der Waals surface area (Å²) in [5.74, 6) is 0.0174. The summed E-state index contributed by atoms with van der Waals surface area (Å²) in [4.78, 5) is 0. The first-order chi connectivity index (χ1) is 5.14. The second-order valence-electron chi connectivity index (χ2n) is 2.58. The van der Waals surface area contributed by atoms with Crippen LogP contribution in [-0.4, -0.2) is 39.8 Å². The monoisotopic (exact) mass is 179 g/mol. The van der Waals surface area contributed by atoms with Crippen LogP contribution >= 0.6 is 0 Å². The number of nitrogens with two attached hydrogens (primary N) is 1. The molecule has 5 nitrogen and oxygen atoms in total. The fourth-order valence-electron chi connectivity index (χ4n) is 0.840. The minimum absolute atomic E-state index is 0.0174. The normalized spacial score (nSPS) is 19.7. The maximum absolute atomic E-state index is 11.0. The molecule has 1 rings (SSSR count). The van der Waals surface area contributed by atoms with Gasteiger partial charge in [-0.05, 0) is 0 Å². The Bertz CT molecular complexity index is 210. The first-order valence-electron chi connectivity index (χ1n) is 3.55. The van der Waals surface area contributed by atoms with E-state index < -0.39 is 10.0 Å². The van der Waals surface area contributed by atoms with Crippen LogP contribution in [0.3, 0.4) is 0 Å². The molecule has 1 aliphatic heterocycles. The van der Waals surface area contributed by atoms with Crippen LogP contribution in [0, 0.1) is 0 Å². The zero-order valence-electron chi connectivity index (χ0n) is 6.21. The second kappa shape index (κ2) is 3.48. The largest absolute Gasteiger partial charge is 0.329 e. The molecular formula is C5H13N3O2S. The molecule has 0 aliphatic carbocycles. The third-order valence-electron chi connectivity index (χ3n) is 1.51. The van der Waals surface area contributed by atoms with E-state index in [4.69, 9.17) is 5.73 Å². The molecule has 1 fully saturated rings. The molecule has 1 heterocycles. The summed E-state index contributed by atoms with van der Waals surface area (Å²) in [6, 6.07) is 0.0755. The molecule has 4 N–H and O–H groups in total. The Labute approximate surface area is 66.4 Å². The van der Waals surface area contributed by atoms with Gasteiger partial charge in [-0.3, -0.25) is 0 Å². The molecule has 11 heavy (non-hydrogen) atoms. The van der Waals surface area contributed by atoms with E-state index in [1.807, 2.05) is 0 Å². The van der Waals surface area contributed by atoms with E-state index in [1.165, 1.54) is 0 Å².